The summed E-state index contributed by atoms with van der Waals surface area (Å²) in [5.41, 5.74) is 6.78. The van der Waals surface area contributed by atoms with E-state index < -0.39 is 17.9 Å². The van der Waals surface area contributed by atoms with Crippen molar-refractivity contribution < 1.29 is 24.1 Å². The van der Waals surface area contributed by atoms with Crippen molar-refractivity contribution in [2.24, 2.45) is 5.73 Å². The van der Waals surface area contributed by atoms with Crippen LogP contribution in [-0.2, 0) is 4.79 Å². The topological polar surface area (TPSA) is 119 Å². The van der Waals surface area contributed by atoms with Gasteiger partial charge in [-0.2, -0.15) is 0 Å². The molecule has 3 unspecified atom stereocenters. The lowest BCUT2D eigenvalue weighted by atomic mass is 9.86. The third-order valence-electron chi connectivity index (χ3n) is 6.03. The minimum absolute atomic E-state index is 0.127. The van der Waals surface area contributed by atoms with Crippen LogP contribution in [0.1, 0.15) is 60.9 Å². The second-order valence-corrected chi connectivity index (χ2v) is 8.07. The molecule has 2 heterocycles. The first-order chi connectivity index (χ1) is 15.0. The van der Waals surface area contributed by atoms with Crippen LogP contribution in [-0.4, -0.2) is 35.4 Å². The normalized spacial score (nSPS) is 21.7. The zero-order valence-electron chi connectivity index (χ0n) is 17.5. The van der Waals surface area contributed by atoms with Gasteiger partial charge in [-0.15, -0.1) is 0 Å². The number of rotatable bonds is 8. The van der Waals surface area contributed by atoms with Gasteiger partial charge in [-0.1, -0.05) is 6.07 Å². The van der Waals surface area contributed by atoms with Crippen LogP contribution in [0.25, 0.3) is 0 Å². The highest BCUT2D eigenvalue weighted by Gasteiger charge is 2.45. The van der Waals surface area contributed by atoms with Crippen LogP contribution >= 0.6 is 0 Å². The molecule has 0 bridgehead atoms. The molecule has 0 spiro atoms. The van der Waals surface area contributed by atoms with E-state index in [1.165, 1.54) is 12.4 Å². The summed E-state index contributed by atoms with van der Waals surface area (Å²) in [5.74, 6) is -0.428. The molecule has 1 fully saturated rings. The minimum atomic E-state index is -1.01. The quantitative estimate of drug-likeness (QED) is 0.625. The number of aromatic nitrogens is 1. The van der Waals surface area contributed by atoms with E-state index >= 15 is 0 Å². The Kier molecular flexibility index (Phi) is 6.20. The van der Waals surface area contributed by atoms with Crippen molar-refractivity contribution in [2.45, 2.75) is 57.1 Å². The highest BCUT2D eigenvalue weighted by atomic mass is 16.5. The Morgan fingerprint density at radius 1 is 1.29 bits per heavy atom. The Morgan fingerprint density at radius 2 is 2.06 bits per heavy atom. The van der Waals surface area contributed by atoms with Gasteiger partial charge in [-0.3, -0.25) is 14.6 Å². The fraction of sp³-hybridized carbons (Fsp3) is 0.435. The standard InChI is InChI=1S/C23H27N3O5/c1-2-30-20-11-14(7-8-19(20)31-15-5-3-4-6-15)16(12-21(24)27)22-23(28)17-13-25-10-9-18(17)26(22)29/h7-11,13,15-16,22,26H,2-6,12H2,1H3,(H2,24,27). The molecule has 1 saturated carbocycles. The van der Waals surface area contributed by atoms with Crippen molar-refractivity contribution in [3.8, 4) is 11.5 Å². The minimum Gasteiger partial charge on any atom is -0.628 e. The molecule has 8 heteroatoms. The third kappa shape index (κ3) is 4.26. The molecule has 3 atom stereocenters. The SMILES string of the molecule is CCOc1cc(C(CC(N)=O)C2C(=O)c3cnccc3[NH+]2[O-])ccc1OC1CCCC1. The Bertz CT molecular complexity index is 973. The maximum absolute atomic E-state index is 13.1. The molecule has 2 aromatic rings. The van der Waals surface area contributed by atoms with Crippen molar-refractivity contribution in [2.75, 3.05) is 6.61 Å². The molecule has 0 radical (unpaired) electrons. The number of hydroxylamine groups is 1. The maximum Gasteiger partial charge on any atom is 0.228 e. The largest absolute Gasteiger partial charge is 0.628 e. The Morgan fingerprint density at radius 3 is 2.74 bits per heavy atom. The van der Waals surface area contributed by atoms with Gasteiger partial charge in [0.15, 0.2) is 17.5 Å². The van der Waals surface area contributed by atoms with Crippen LogP contribution in [0.3, 0.4) is 0 Å². The van der Waals surface area contributed by atoms with Crippen molar-refractivity contribution in [1.29, 1.82) is 0 Å². The first-order valence-corrected chi connectivity index (χ1v) is 10.7. The lowest BCUT2D eigenvalue weighted by Crippen LogP contribution is -3.06. The lowest BCUT2D eigenvalue weighted by molar-refractivity contribution is -0.792. The van der Waals surface area contributed by atoms with Gasteiger partial charge >= 0.3 is 0 Å². The molecule has 1 aromatic heterocycles. The predicted octanol–water partition coefficient (Wildman–Crippen LogP) is 2.04. The number of amides is 1. The van der Waals surface area contributed by atoms with Gasteiger partial charge in [0.05, 0.1) is 18.6 Å². The molecule has 4 rings (SSSR count). The Hall–Kier alpha value is -2.97. The summed E-state index contributed by atoms with van der Waals surface area (Å²) in [7, 11) is 0. The smallest absolute Gasteiger partial charge is 0.228 e. The molecule has 31 heavy (non-hydrogen) atoms. The first kappa shape index (κ1) is 21.3. The third-order valence-corrected chi connectivity index (χ3v) is 6.03. The zero-order valence-corrected chi connectivity index (χ0v) is 17.5. The van der Waals surface area contributed by atoms with Crippen molar-refractivity contribution >= 4 is 17.4 Å². The Balaban J connectivity index is 1.68. The van der Waals surface area contributed by atoms with Crippen LogP contribution in [0.2, 0.25) is 0 Å². The van der Waals surface area contributed by atoms with Gasteiger partial charge < -0.3 is 25.5 Å². The second-order valence-electron chi connectivity index (χ2n) is 8.07. The van der Waals surface area contributed by atoms with E-state index in [1.807, 2.05) is 6.92 Å². The molecule has 1 aliphatic heterocycles. The summed E-state index contributed by atoms with van der Waals surface area (Å²) >= 11 is 0. The van der Waals surface area contributed by atoms with E-state index in [0.717, 1.165) is 25.7 Å². The summed E-state index contributed by atoms with van der Waals surface area (Å²) in [6.07, 6.45) is 7.23. The van der Waals surface area contributed by atoms with Gasteiger partial charge in [0.2, 0.25) is 11.7 Å². The molecule has 8 nitrogen and oxygen atoms in total. The number of ether oxygens (including phenoxy) is 2. The molecule has 1 amide bonds. The summed E-state index contributed by atoms with van der Waals surface area (Å²) < 4.78 is 11.9. The number of carbonyl (C=O) groups is 2. The van der Waals surface area contributed by atoms with Crippen molar-refractivity contribution in [3.05, 3.63) is 53.0 Å². The number of hydrogen-bond acceptors (Lipinski definition) is 6. The summed E-state index contributed by atoms with van der Waals surface area (Å²) in [6, 6.07) is 5.89. The van der Waals surface area contributed by atoms with E-state index in [1.54, 1.807) is 24.3 Å². The number of nitrogens with two attached hydrogens (primary N) is 1. The number of nitrogens with one attached hydrogen (secondary N) is 1. The molecule has 0 saturated heterocycles. The van der Waals surface area contributed by atoms with Crippen LogP contribution in [0.5, 0.6) is 11.5 Å². The summed E-state index contributed by atoms with van der Waals surface area (Å²) in [5, 5.41) is 12.7. The van der Waals surface area contributed by atoms with Crippen molar-refractivity contribution in [1.82, 2.24) is 4.98 Å². The van der Waals surface area contributed by atoms with E-state index in [2.05, 4.69) is 4.98 Å². The first-order valence-electron chi connectivity index (χ1n) is 10.7. The number of fused-ring (bicyclic) bond motifs is 1. The van der Waals surface area contributed by atoms with Crippen LogP contribution < -0.4 is 20.3 Å². The number of pyridine rings is 1. The average molecular weight is 425 g/mol. The number of ketones is 1. The average Bonchev–Trinajstić information content (AvgIpc) is 3.35. The molecule has 2 aliphatic rings. The lowest BCUT2D eigenvalue weighted by Gasteiger charge is -2.30. The number of carbonyl (C=O) groups excluding carboxylic acids is 2. The second kappa shape index (κ2) is 9.03. The molecule has 164 valence electrons. The fourth-order valence-electron chi connectivity index (χ4n) is 4.58. The number of benzene rings is 1. The number of nitrogens with zero attached hydrogens (tertiary/aromatic N) is 1. The highest BCUT2D eigenvalue weighted by Crippen LogP contribution is 2.37. The Labute approximate surface area is 180 Å². The fourth-order valence-corrected chi connectivity index (χ4v) is 4.58. The molecule has 1 aliphatic carbocycles. The maximum atomic E-state index is 13.1. The molecular formula is C23H27N3O5. The number of hydrogen-bond donors (Lipinski definition) is 2. The van der Waals surface area contributed by atoms with Crippen molar-refractivity contribution in [3.63, 3.8) is 0 Å². The monoisotopic (exact) mass is 425 g/mol. The number of primary amides is 1. The van der Waals surface area contributed by atoms with E-state index in [4.69, 9.17) is 15.2 Å². The number of quaternary nitrogens is 1. The van der Waals surface area contributed by atoms with E-state index in [0.29, 0.717) is 29.4 Å². The molecule has 1 aromatic carbocycles. The van der Waals surface area contributed by atoms with Gasteiger partial charge in [0.1, 0.15) is 11.3 Å². The van der Waals surface area contributed by atoms with Gasteiger partial charge in [-0.25, -0.2) is 0 Å². The number of Topliss-reactive ketones (excluding diaryl/α,β-unsaturated/α-hetero) is 1. The summed E-state index contributed by atoms with van der Waals surface area (Å²) in [4.78, 5) is 28.9. The highest BCUT2D eigenvalue weighted by molar-refractivity contribution is 6.05. The van der Waals surface area contributed by atoms with Crippen LogP contribution in [0.4, 0.5) is 5.69 Å². The van der Waals surface area contributed by atoms with Gasteiger partial charge in [0.25, 0.3) is 0 Å². The molecular weight excluding hydrogens is 398 g/mol. The van der Waals surface area contributed by atoms with E-state index in [9.17, 15) is 14.8 Å². The van der Waals surface area contributed by atoms with Crippen LogP contribution in [0.15, 0.2) is 36.7 Å². The van der Waals surface area contributed by atoms with Crippen LogP contribution in [0, 0.1) is 5.21 Å². The van der Waals surface area contributed by atoms with Gasteiger partial charge in [0, 0.05) is 24.9 Å². The van der Waals surface area contributed by atoms with Gasteiger partial charge in [-0.05, 0) is 50.3 Å². The zero-order chi connectivity index (χ0) is 22.0. The predicted molar refractivity (Wildman–Crippen MR) is 113 cm³/mol. The molecule has 3 N–H and O–H groups in total. The van der Waals surface area contributed by atoms with E-state index in [-0.39, 0.29) is 28.9 Å². The summed E-state index contributed by atoms with van der Waals surface area (Å²) in [6.45, 7) is 2.31.